The van der Waals surface area contributed by atoms with Gasteiger partial charge in [-0.2, -0.15) is 0 Å². The van der Waals surface area contributed by atoms with Gasteiger partial charge in [0.1, 0.15) is 6.04 Å². The molecule has 0 radical (unpaired) electrons. The molecule has 1 aromatic rings. The Kier molecular flexibility index (Phi) is 6.35. The molecule has 0 saturated carbocycles. The molecular formula is C18H24N2O4. The minimum atomic E-state index is -0.951. The Bertz CT molecular complexity index is 598. The summed E-state index contributed by atoms with van der Waals surface area (Å²) in [6, 6.07) is 6.27. The largest absolute Gasteiger partial charge is 0.478 e. The minimum Gasteiger partial charge on any atom is -0.478 e. The molecule has 1 fully saturated rings. The molecule has 1 aliphatic rings. The van der Waals surface area contributed by atoms with Crippen molar-refractivity contribution in [3.63, 3.8) is 0 Å². The van der Waals surface area contributed by atoms with Gasteiger partial charge in [-0.05, 0) is 43.4 Å². The summed E-state index contributed by atoms with van der Waals surface area (Å²) in [6.07, 6.45) is 3.48. The van der Waals surface area contributed by atoms with Gasteiger partial charge in [-0.1, -0.05) is 19.1 Å². The van der Waals surface area contributed by atoms with E-state index < -0.39 is 5.97 Å². The molecule has 0 bridgehead atoms. The molecule has 6 heteroatoms. The van der Waals surface area contributed by atoms with Crippen molar-refractivity contribution in [2.75, 3.05) is 13.1 Å². The van der Waals surface area contributed by atoms with E-state index in [9.17, 15) is 14.4 Å². The second-order valence-corrected chi connectivity index (χ2v) is 6.04. The van der Waals surface area contributed by atoms with E-state index in [0.717, 1.165) is 18.4 Å². The van der Waals surface area contributed by atoms with Crippen LogP contribution in [-0.4, -0.2) is 46.9 Å². The fourth-order valence-corrected chi connectivity index (χ4v) is 2.96. The molecule has 0 aliphatic carbocycles. The predicted octanol–water partition coefficient (Wildman–Crippen LogP) is 1.83. The molecule has 1 heterocycles. The normalized spacial score (nSPS) is 16.9. The summed E-state index contributed by atoms with van der Waals surface area (Å²) in [4.78, 5) is 36.9. The minimum absolute atomic E-state index is 0.0550. The summed E-state index contributed by atoms with van der Waals surface area (Å²) in [5, 5.41) is 11.8. The third kappa shape index (κ3) is 4.57. The maximum atomic E-state index is 12.3. The van der Waals surface area contributed by atoms with Crippen molar-refractivity contribution < 1.29 is 19.5 Å². The summed E-state index contributed by atoms with van der Waals surface area (Å²) < 4.78 is 0. The average molecular weight is 332 g/mol. The summed E-state index contributed by atoms with van der Waals surface area (Å²) in [5.41, 5.74) is 1.21. The van der Waals surface area contributed by atoms with Crippen molar-refractivity contribution in [3.8, 4) is 0 Å². The number of amides is 2. The quantitative estimate of drug-likeness (QED) is 0.797. The van der Waals surface area contributed by atoms with E-state index in [1.54, 1.807) is 29.2 Å². The Balaban J connectivity index is 1.82. The van der Waals surface area contributed by atoms with E-state index in [2.05, 4.69) is 5.32 Å². The highest BCUT2D eigenvalue weighted by Gasteiger charge is 2.33. The molecule has 1 aliphatic heterocycles. The molecule has 0 aromatic heterocycles. The topological polar surface area (TPSA) is 86.7 Å². The van der Waals surface area contributed by atoms with Crippen LogP contribution in [0.4, 0.5) is 0 Å². The highest BCUT2D eigenvalue weighted by atomic mass is 16.4. The Morgan fingerprint density at radius 2 is 1.96 bits per heavy atom. The first kappa shape index (κ1) is 18.0. The van der Waals surface area contributed by atoms with Crippen LogP contribution in [0.3, 0.4) is 0 Å². The number of carboxylic acids is 1. The first-order valence-electron chi connectivity index (χ1n) is 8.42. The molecule has 1 saturated heterocycles. The Morgan fingerprint density at radius 1 is 1.25 bits per heavy atom. The summed E-state index contributed by atoms with van der Waals surface area (Å²) >= 11 is 0. The van der Waals surface area contributed by atoms with Crippen LogP contribution >= 0.6 is 0 Å². The van der Waals surface area contributed by atoms with E-state index >= 15 is 0 Å². The number of benzene rings is 1. The van der Waals surface area contributed by atoms with Gasteiger partial charge >= 0.3 is 5.97 Å². The van der Waals surface area contributed by atoms with Gasteiger partial charge in [0, 0.05) is 19.5 Å². The van der Waals surface area contributed by atoms with Gasteiger partial charge in [0.15, 0.2) is 0 Å². The van der Waals surface area contributed by atoms with Crippen LogP contribution in [0.25, 0.3) is 0 Å². The fourth-order valence-electron chi connectivity index (χ4n) is 2.96. The first-order valence-corrected chi connectivity index (χ1v) is 8.42. The number of carbonyl (C=O) groups excluding carboxylic acids is 2. The van der Waals surface area contributed by atoms with Crippen LogP contribution < -0.4 is 5.32 Å². The number of rotatable bonds is 7. The first-order chi connectivity index (χ1) is 11.5. The number of likely N-dealkylation sites (tertiary alicyclic amines) is 1. The smallest absolute Gasteiger partial charge is 0.335 e. The number of nitrogens with zero attached hydrogens (tertiary/aromatic N) is 1. The van der Waals surface area contributed by atoms with E-state index in [1.165, 1.54) is 0 Å². The van der Waals surface area contributed by atoms with Gasteiger partial charge in [0.25, 0.3) is 0 Å². The molecule has 1 atom stereocenters. The van der Waals surface area contributed by atoms with E-state index in [1.807, 2.05) is 6.92 Å². The lowest BCUT2D eigenvalue weighted by Gasteiger charge is -2.23. The Hall–Kier alpha value is -2.37. The summed E-state index contributed by atoms with van der Waals surface area (Å²) in [7, 11) is 0. The van der Waals surface area contributed by atoms with Crippen molar-refractivity contribution in [2.24, 2.45) is 0 Å². The maximum Gasteiger partial charge on any atom is 0.335 e. The van der Waals surface area contributed by atoms with Gasteiger partial charge < -0.3 is 15.3 Å². The number of carboxylic acid groups (broad SMARTS) is 1. The molecular weight excluding hydrogens is 308 g/mol. The molecule has 1 unspecified atom stereocenters. The summed E-state index contributed by atoms with van der Waals surface area (Å²) in [5.74, 6) is -0.994. The van der Waals surface area contributed by atoms with E-state index in [-0.39, 0.29) is 23.4 Å². The third-order valence-corrected chi connectivity index (χ3v) is 4.25. The molecule has 24 heavy (non-hydrogen) atoms. The van der Waals surface area contributed by atoms with Gasteiger partial charge in [0.05, 0.1) is 5.56 Å². The second-order valence-electron chi connectivity index (χ2n) is 6.04. The van der Waals surface area contributed by atoms with Crippen LogP contribution in [0, 0.1) is 0 Å². The van der Waals surface area contributed by atoms with Crippen LogP contribution in [0.15, 0.2) is 24.3 Å². The van der Waals surface area contributed by atoms with Crippen molar-refractivity contribution in [2.45, 2.75) is 45.1 Å². The molecule has 6 nitrogen and oxygen atoms in total. The van der Waals surface area contributed by atoms with Gasteiger partial charge in [-0.3, -0.25) is 9.59 Å². The number of nitrogens with one attached hydrogen (secondary N) is 1. The number of carbonyl (C=O) groups is 3. The zero-order valence-corrected chi connectivity index (χ0v) is 14.0. The van der Waals surface area contributed by atoms with Gasteiger partial charge in [-0.25, -0.2) is 4.79 Å². The number of hydrogen-bond donors (Lipinski definition) is 2. The Labute approximate surface area is 141 Å². The zero-order chi connectivity index (χ0) is 17.5. The average Bonchev–Trinajstić information content (AvgIpc) is 3.05. The predicted molar refractivity (Wildman–Crippen MR) is 89.8 cm³/mol. The third-order valence-electron chi connectivity index (χ3n) is 4.25. The van der Waals surface area contributed by atoms with Crippen LogP contribution in [0.5, 0.6) is 0 Å². The van der Waals surface area contributed by atoms with Crippen molar-refractivity contribution in [3.05, 3.63) is 35.4 Å². The van der Waals surface area contributed by atoms with Crippen LogP contribution in [0.1, 0.15) is 48.5 Å². The highest BCUT2D eigenvalue weighted by molar-refractivity contribution is 5.88. The molecule has 2 N–H and O–H groups in total. The van der Waals surface area contributed by atoms with Crippen molar-refractivity contribution in [1.82, 2.24) is 10.2 Å². The lowest BCUT2D eigenvalue weighted by Crippen LogP contribution is -2.46. The monoisotopic (exact) mass is 332 g/mol. The molecule has 1 aromatic carbocycles. The van der Waals surface area contributed by atoms with Crippen molar-refractivity contribution >= 4 is 17.8 Å². The Morgan fingerprint density at radius 3 is 2.58 bits per heavy atom. The second kappa shape index (κ2) is 8.47. The molecule has 130 valence electrons. The summed E-state index contributed by atoms with van der Waals surface area (Å²) in [6.45, 7) is 3.09. The molecule has 2 rings (SSSR count). The standard InChI is InChI=1S/C18H24N2O4/c1-2-4-16(21)20-12-3-5-15(20)17(22)19-11-10-13-6-8-14(9-7-13)18(23)24/h6-9,15H,2-5,10-12H2,1H3,(H,19,22)(H,23,24). The number of aromatic carboxylic acids is 1. The lowest BCUT2D eigenvalue weighted by atomic mass is 10.1. The van der Waals surface area contributed by atoms with Crippen molar-refractivity contribution in [1.29, 1.82) is 0 Å². The van der Waals surface area contributed by atoms with Gasteiger partial charge in [0.2, 0.25) is 11.8 Å². The maximum absolute atomic E-state index is 12.3. The molecule has 0 spiro atoms. The SMILES string of the molecule is CCCC(=O)N1CCCC1C(=O)NCCc1ccc(C(=O)O)cc1. The van der Waals surface area contributed by atoms with E-state index in [4.69, 9.17) is 5.11 Å². The fraction of sp³-hybridized carbons (Fsp3) is 0.500. The van der Waals surface area contributed by atoms with Crippen LogP contribution in [-0.2, 0) is 16.0 Å². The lowest BCUT2D eigenvalue weighted by molar-refractivity contribution is -0.138. The molecule has 2 amide bonds. The van der Waals surface area contributed by atoms with Gasteiger partial charge in [-0.15, -0.1) is 0 Å². The highest BCUT2D eigenvalue weighted by Crippen LogP contribution is 2.19. The van der Waals surface area contributed by atoms with E-state index in [0.29, 0.717) is 32.4 Å². The van der Waals surface area contributed by atoms with Crippen LogP contribution in [0.2, 0.25) is 0 Å². The zero-order valence-electron chi connectivity index (χ0n) is 14.0. The number of hydrogen-bond acceptors (Lipinski definition) is 3.